The Morgan fingerprint density at radius 1 is 1.07 bits per heavy atom. The molecule has 2 heterocycles. The Morgan fingerprint density at radius 3 is 2.78 bits per heavy atom. The van der Waals surface area contributed by atoms with Crippen LogP contribution in [0.5, 0.6) is 5.75 Å². The number of anilines is 1. The third-order valence-electron chi connectivity index (χ3n) is 4.06. The summed E-state index contributed by atoms with van der Waals surface area (Å²) < 4.78 is 6.43. The number of hydrogen-bond acceptors (Lipinski definition) is 6. The van der Waals surface area contributed by atoms with Crippen molar-refractivity contribution in [2.24, 2.45) is 0 Å². The quantitative estimate of drug-likeness (QED) is 0.512. The number of halogens is 1. The Labute approximate surface area is 164 Å². The van der Waals surface area contributed by atoms with E-state index in [1.807, 2.05) is 42.5 Å². The van der Waals surface area contributed by atoms with Gasteiger partial charge in [-0.2, -0.15) is 0 Å². The molecule has 0 radical (unpaired) electrons. The highest BCUT2D eigenvalue weighted by molar-refractivity contribution is 9.10. The molecule has 0 aliphatic carbocycles. The predicted molar refractivity (Wildman–Crippen MR) is 109 cm³/mol. The lowest BCUT2D eigenvalue weighted by molar-refractivity contribution is 0.416. The molecule has 4 rings (SSSR count). The number of fused-ring (bicyclic) bond motifs is 1. The van der Waals surface area contributed by atoms with E-state index < -0.39 is 0 Å². The maximum atomic E-state index is 5.50. The summed E-state index contributed by atoms with van der Waals surface area (Å²) in [5, 5.41) is 4.30. The molecule has 4 aromatic rings. The predicted octanol–water partition coefficient (Wildman–Crippen LogP) is 4.47. The largest absolute Gasteiger partial charge is 0.496 e. The van der Waals surface area contributed by atoms with Crippen LogP contribution in [-0.2, 0) is 6.54 Å². The molecule has 0 spiro atoms. The maximum absolute atomic E-state index is 5.50. The van der Waals surface area contributed by atoms with Crippen LogP contribution >= 0.6 is 15.9 Å². The number of para-hydroxylation sites is 1. The van der Waals surface area contributed by atoms with Crippen molar-refractivity contribution < 1.29 is 4.74 Å². The number of methoxy groups -OCH3 is 1. The van der Waals surface area contributed by atoms with Crippen LogP contribution in [0.25, 0.3) is 22.3 Å². The number of nitrogens with zero attached hydrogens (tertiary/aromatic N) is 4. The first kappa shape index (κ1) is 17.4. The van der Waals surface area contributed by atoms with Crippen molar-refractivity contribution >= 4 is 32.7 Å². The summed E-state index contributed by atoms with van der Waals surface area (Å²) in [6, 6.07) is 13.7. The van der Waals surface area contributed by atoms with Crippen LogP contribution in [0.2, 0.25) is 0 Å². The van der Waals surface area contributed by atoms with Gasteiger partial charge in [-0.15, -0.1) is 0 Å². The van der Waals surface area contributed by atoms with E-state index in [1.54, 1.807) is 25.7 Å². The smallest absolute Gasteiger partial charge is 0.165 e. The van der Waals surface area contributed by atoms with E-state index in [0.29, 0.717) is 18.1 Å². The van der Waals surface area contributed by atoms with E-state index in [4.69, 9.17) is 14.7 Å². The minimum absolute atomic E-state index is 0.518. The Morgan fingerprint density at radius 2 is 1.96 bits per heavy atom. The lowest BCUT2D eigenvalue weighted by Gasteiger charge is -2.13. The van der Waals surface area contributed by atoms with E-state index >= 15 is 0 Å². The van der Waals surface area contributed by atoms with Crippen molar-refractivity contribution in [2.45, 2.75) is 6.54 Å². The van der Waals surface area contributed by atoms with Crippen molar-refractivity contribution in [1.82, 2.24) is 19.9 Å². The molecule has 2 aromatic carbocycles. The third kappa shape index (κ3) is 3.73. The summed E-state index contributed by atoms with van der Waals surface area (Å²) in [4.78, 5) is 17.9. The van der Waals surface area contributed by atoms with Crippen molar-refractivity contribution in [3.63, 3.8) is 0 Å². The highest BCUT2D eigenvalue weighted by Crippen LogP contribution is 2.33. The molecule has 0 saturated carbocycles. The summed E-state index contributed by atoms with van der Waals surface area (Å²) >= 11 is 3.51. The molecule has 6 nitrogen and oxygen atoms in total. The molecular weight excluding hydrogens is 406 g/mol. The lowest BCUT2D eigenvalue weighted by Crippen LogP contribution is -2.06. The van der Waals surface area contributed by atoms with E-state index in [9.17, 15) is 0 Å². The van der Waals surface area contributed by atoms with Crippen molar-refractivity contribution in [2.75, 3.05) is 12.4 Å². The lowest BCUT2D eigenvalue weighted by atomic mass is 10.1. The van der Waals surface area contributed by atoms with Crippen LogP contribution in [-0.4, -0.2) is 27.0 Å². The normalized spacial score (nSPS) is 10.7. The van der Waals surface area contributed by atoms with E-state index in [1.165, 1.54) is 0 Å². The molecule has 0 aliphatic heterocycles. The van der Waals surface area contributed by atoms with Crippen LogP contribution in [0.1, 0.15) is 5.69 Å². The van der Waals surface area contributed by atoms with Gasteiger partial charge < -0.3 is 10.1 Å². The van der Waals surface area contributed by atoms with Gasteiger partial charge in [0.1, 0.15) is 11.6 Å². The van der Waals surface area contributed by atoms with Gasteiger partial charge in [-0.1, -0.05) is 28.1 Å². The molecular formula is C20H16BrN5O. The minimum Gasteiger partial charge on any atom is -0.496 e. The van der Waals surface area contributed by atoms with Crippen molar-refractivity contribution in [3.8, 4) is 17.1 Å². The Kier molecular flexibility index (Phi) is 4.93. The second-order valence-corrected chi connectivity index (χ2v) is 6.72. The minimum atomic E-state index is 0.518. The number of aromatic nitrogens is 4. The number of ether oxygens (including phenoxy) is 1. The van der Waals surface area contributed by atoms with Crippen LogP contribution < -0.4 is 10.1 Å². The van der Waals surface area contributed by atoms with Gasteiger partial charge in [-0.05, 0) is 30.3 Å². The van der Waals surface area contributed by atoms with Gasteiger partial charge in [-0.25, -0.2) is 9.97 Å². The van der Waals surface area contributed by atoms with Crippen molar-refractivity contribution in [1.29, 1.82) is 0 Å². The average Bonchev–Trinajstić information content (AvgIpc) is 2.72. The van der Waals surface area contributed by atoms with Crippen molar-refractivity contribution in [3.05, 3.63) is 71.2 Å². The van der Waals surface area contributed by atoms with Gasteiger partial charge >= 0.3 is 0 Å². The fourth-order valence-corrected chi connectivity index (χ4v) is 3.14. The summed E-state index contributed by atoms with van der Waals surface area (Å²) in [6.45, 7) is 0.518. The highest BCUT2D eigenvalue weighted by atomic mass is 79.9. The van der Waals surface area contributed by atoms with Crippen LogP contribution in [0.3, 0.4) is 0 Å². The summed E-state index contributed by atoms with van der Waals surface area (Å²) in [5.74, 6) is 2.05. The Balaban J connectivity index is 1.80. The average molecular weight is 422 g/mol. The van der Waals surface area contributed by atoms with Gasteiger partial charge in [0.05, 0.1) is 36.6 Å². The van der Waals surface area contributed by atoms with Gasteiger partial charge in [0, 0.05) is 22.3 Å². The van der Waals surface area contributed by atoms with Crippen LogP contribution in [0.15, 0.2) is 65.5 Å². The molecule has 0 amide bonds. The molecule has 0 fully saturated rings. The first-order chi connectivity index (χ1) is 13.2. The molecule has 0 unspecified atom stereocenters. The van der Waals surface area contributed by atoms with E-state index in [2.05, 4.69) is 31.2 Å². The maximum Gasteiger partial charge on any atom is 0.165 e. The summed E-state index contributed by atoms with van der Waals surface area (Å²) in [7, 11) is 1.64. The third-order valence-corrected chi connectivity index (χ3v) is 4.55. The zero-order valence-electron chi connectivity index (χ0n) is 14.6. The second-order valence-electron chi connectivity index (χ2n) is 5.81. The highest BCUT2D eigenvalue weighted by Gasteiger charge is 2.13. The van der Waals surface area contributed by atoms with Gasteiger partial charge in [0.2, 0.25) is 0 Å². The van der Waals surface area contributed by atoms with Gasteiger partial charge in [-0.3, -0.25) is 9.97 Å². The topological polar surface area (TPSA) is 72.8 Å². The molecule has 0 bridgehead atoms. The number of rotatable bonds is 5. The fourth-order valence-electron chi connectivity index (χ4n) is 2.78. The Bertz CT molecular complexity index is 1090. The molecule has 134 valence electrons. The molecule has 7 heteroatoms. The zero-order valence-corrected chi connectivity index (χ0v) is 16.1. The molecule has 0 aliphatic rings. The molecule has 0 atom stereocenters. The first-order valence-electron chi connectivity index (χ1n) is 8.34. The standard InChI is InChI=1S/C20H16BrN5O/c1-27-18-7-6-13(21)10-16(18)20-25-17-5-3-2-4-15(17)19(26-20)24-12-14-11-22-8-9-23-14/h2-11H,12H2,1H3,(H,24,25,26). The van der Waals surface area contributed by atoms with Gasteiger partial charge in [0.15, 0.2) is 5.82 Å². The number of benzene rings is 2. The fraction of sp³-hybridized carbons (Fsp3) is 0.100. The number of hydrogen-bond donors (Lipinski definition) is 1. The monoisotopic (exact) mass is 421 g/mol. The molecule has 2 aromatic heterocycles. The molecule has 1 N–H and O–H groups in total. The zero-order chi connectivity index (χ0) is 18.6. The van der Waals surface area contributed by atoms with Gasteiger partial charge in [0.25, 0.3) is 0 Å². The van der Waals surface area contributed by atoms with Crippen LogP contribution in [0, 0.1) is 0 Å². The summed E-state index contributed by atoms with van der Waals surface area (Å²) in [5.41, 5.74) is 2.51. The SMILES string of the molecule is COc1ccc(Br)cc1-c1nc(NCc2cnccn2)c2ccccc2n1. The number of nitrogens with one attached hydrogen (secondary N) is 1. The Hall–Kier alpha value is -3.06. The van der Waals surface area contributed by atoms with Crippen LogP contribution in [0.4, 0.5) is 5.82 Å². The summed E-state index contributed by atoms with van der Waals surface area (Å²) in [6.07, 6.45) is 5.06. The molecule has 0 saturated heterocycles. The van der Waals surface area contributed by atoms with E-state index in [0.717, 1.165) is 32.5 Å². The molecule has 27 heavy (non-hydrogen) atoms. The first-order valence-corrected chi connectivity index (χ1v) is 9.13. The van der Waals surface area contributed by atoms with E-state index in [-0.39, 0.29) is 0 Å². The second kappa shape index (κ2) is 7.67.